The monoisotopic (exact) mass is 365 g/mol. The fourth-order valence-electron chi connectivity index (χ4n) is 2.77. The lowest BCUT2D eigenvalue weighted by Gasteiger charge is -2.11. The Labute approximate surface area is 158 Å². The summed E-state index contributed by atoms with van der Waals surface area (Å²) in [5.41, 5.74) is 3.49. The van der Waals surface area contributed by atoms with E-state index in [0.717, 1.165) is 28.0 Å². The minimum atomic E-state index is 0.613. The summed E-state index contributed by atoms with van der Waals surface area (Å²) in [6.45, 7) is 9.24. The zero-order valence-corrected chi connectivity index (χ0v) is 16.0. The number of hydrogen-bond donors (Lipinski definition) is 0. The molecule has 0 N–H and O–H groups in total. The Balaban J connectivity index is 1.90. The maximum Gasteiger partial charge on any atom is 0.192 e. The molecule has 3 aromatic rings. The molecule has 0 radical (unpaired) electrons. The van der Waals surface area contributed by atoms with Crippen molar-refractivity contribution >= 4 is 11.8 Å². The van der Waals surface area contributed by atoms with Gasteiger partial charge in [0.15, 0.2) is 11.0 Å². The van der Waals surface area contributed by atoms with Gasteiger partial charge in [-0.2, -0.15) is 0 Å². The molecule has 0 aliphatic rings. The number of thioether (sulfide) groups is 1. The van der Waals surface area contributed by atoms with E-state index in [2.05, 4.69) is 52.5 Å². The summed E-state index contributed by atoms with van der Waals surface area (Å²) < 4.78 is 7.85. The van der Waals surface area contributed by atoms with Gasteiger partial charge in [0, 0.05) is 12.3 Å². The number of aromatic nitrogens is 3. The van der Waals surface area contributed by atoms with E-state index in [1.807, 2.05) is 37.3 Å². The van der Waals surface area contributed by atoms with E-state index in [1.54, 1.807) is 11.8 Å². The molecule has 0 aliphatic heterocycles. The number of nitrogens with zero attached hydrogens (tertiary/aromatic N) is 3. The molecule has 0 saturated heterocycles. The number of benzene rings is 2. The third-order valence-electron chi connectivity index (χ3n) is 3.91. The highest BCUT2D eigenvalue weighted by Gasteiger charge is 2.17. The molecule has 4 nitrogen and oxygen atoms in total. The average Bonchev–Trinajstić information content (AvgIpc) is 3.04. The Hall–Kier alpha value is -2.53. The number of allylic oxidation sites excluding steroid dienone is 1. The number of hydrogen-bond acceptors (Lipinski definition) is 4. The van der Waals surface area contributed by atoms with Crippen molar-refractivity contribution in [1.29, 1.82) is 0 Å². The van der Waals surface area contributed by atoms with Gasteiger partial charge in [-0.05, 0) is 31.5 Å². The second-order valence-electron chi connectivity index (χ2n) is 5.91. The molecule has 134 valence electrons. The van der Waals surface area contributed by atoms with Gasteiger partial charge in [-0.3, -0.25) is 4.57 Å². The molecule has 0 aliphatic carbocycles. The molecule has 0 fully saturated rings. The second-order valence-corrected chi connectivity index (χ2v) is 6.85. The van der Waals surface area contributed by atoms with E-state index in [1.165, 1.54) is 11.1 Å². The van der Waals surface area contributed by atoms with Crippen molar-refractivity contribution in [3.63, 3.8) is 0 Å². The Morgan fingerprint density at radius 3 is 2.77 bits per heavy atom. The van der Waals surface area contributed by atoms with Crippen molar-refractivity contribution < 1.29 is 4.74 Å². The fraction of sp³-hybridized carbons (Fsp3) is 0.238. The van der Waals surface area contributed by atoms with Crippen molar-refractivity contribution in [2.45, 2.75) is 31.3 Å². The summed E-state index contributed by atoms with van der Waals surface area (Å²) in [7, 11) is 0. The van der Waals surface area contributed by atoms with Crippen LogP contribution in [0.2, 0.25) is 0 Å². The van der Waals surface area contributed by atoms with Gasteiger partial charge in [0.2, 0.25) is 0 Å². The molecule has 0 unspecified atom stereocenters. The highest BCUT2D eigenvalue weighted by Crippen LogP contribution is 2.32. The molecule has 2 aromatic carbocycles. The van der Waals surface area contributed by atoms with Crippen LogP contribution in [0.1, 0.15) is 18.1 Å². The van der Waals surface area contributed by atoms with Crippen molar-refractivity contribution in [3.8, 4) is 17.1 Å². The zero-order valence-electron chi connectivity index (χ0n) is 15.2. The van der Waals surface area contributed by atoms with Gasteiger partial charge in [-0.25, -0.2) is 0 Å². The average molecular weight is 366 g/mol. The first-order valence-electron chi connectivity index (χ1n) is 8.67. The highest BCUT2D eigenvalue weighted by atomic mass is 32.2. The molecule has 0 amide bonds. The first-order valence-corrected chi connectivity index (χ1v) is 9.66. The molecule has 0 atom stereocenters. The highest BCUT2D eigenvalue weighted by molar-refractivity contribution is 7.98. The lowest BCUT2D eigenvalue weighted by atomic mass is 10.2. The Kier molecular flexibility index (Phi) is 6.12. The van der Waals surface area contributed by atoms with Crippen LogP contribution in [-0.2, 0) is 12.3 Å². The standard InChI is InChI=1S/C21H23N3OS/c1-4-13-24-20(18-11-6-7-12-19(18)25-5-2)22-23-21(24)26-15-17-10-8-9-16(3)14-17/h4,6-12,14H,1,5,13,15H2,2-3H3. The summed E-state index contributed by atoms with van der Waals surface area (Å²) in [5.74, 6) is 2.48. The predicted molar refractivity (Wildman–Crippen MR) is 108 cm³/mol. The zero-order chi connectivity index (χ0) is 18.4. The third kappa shape index (κ3) is 4.17. The van der Waals surface area contributed by atoms with E-state index >= 15 is 0 Å². The van der Waals surface area contributed by atoms with Crippen LogP contribution in [0, 0.1) is 6.92 Å². The Bertz CT molecular complexity index is 888. The lowest BCUT2D eigenvalue weighted by molar-refractivity contribution is 0.341. The molecule has 0 spiro atoms. The smallest absolute Gasteiger partial charge is 0.192 e. The maximum atomic E-state index is 5.76. The van der Waals surface area contributed by atoms with E-state index in [0.29, 0.717) is 13.2 Å². The first-order chi connectivity index (χ1) is 12.7. The predicted octanol–water partition coefficient (Wildman–Crippen LogP) is 5.13. The van der Waals surface area contributed by atoms with Gasteiger partial charge in [-0.1, -0.05) is 59.8 Å². The van der Waals surface area contributed by atoms with Crippen LogP contribution in [0.25, 0.3) is 11.4 Å². The van der Waals surface area contributed by atoms with E-state index in [-0.39, 0.29) is 0 Å². The fourth-order valence-corrected chi connectivity index (χ4v) is 3.66. The summed E-state index contributed by atoms with van der Waals surface area (Å²) in [6.07, 6.45) is 1.87. The van der Waals surface area contributed by atoms with Crippen molar-refractivity contribution in [2.24, 2.45) is 0 Å². The van der Waals surface area contributed by atoms with Crippen LogP contribution >= 0.6 is 11.8 Å². The van der Waals surface area contributed by atoms with Gasteiger partial charge >= 0.3 is 0 Å². The molecular weight excluding hydrogens is 342 g/mol. The molecule has 26 heavy (non-hydrogen) atoms. The van der Waals surface area contributed by atoms with Crippen LogP contribution in [0.15, 0.2) is 66.3 Å². The minimum Gasteiger partial charge on any atom is -0.493 e. The van der Waals surface area contributed by atoms with Crippen LogP contribution < -0.4 is 4.74 Å². The molecule has 1 aromatic heterocycles. The van der Waals surface area contributed by atoms with Gasteiger partial charge < -0.3 is 4.74 Å². The quantitative estimate of drug-likeness (QED) is 0.410. The second kappa shape index (κ2) is 8.72. The lowest BCUT2D eigenvalue weighted by Crippen LogP contribution is -2.02. The van der Waals surface area contributed by atoms with E-state index in [4.69, 9.17) is 4.74 Å². The van der Waals surface area contributed by atoms with Crippen molar-refractivity contribution in [3.05, 3.63) is 72.3 Å². The third-order valence-corrected chi connectivity index (χ3v) is 4.94. The van der Waals surface area contributed by atoms with Crippen LogP contribution in [-0.4, -0.2) is 21.4 Å². The molecule has 3 rings (SSSR count). The number of ether oxygens (including phenoxy) is 1. The van der Waals surface area contributed by atoms with Gasteiger partial charge in [0.05, 0.1) is 12.2 Å². The molecular formula is C21H23N3OS. The van der Waals surface area contributed by atoms with Crippen LogP contribution in [0.3, 0.4) is 0 Å². The summed E-state index contributed by atoms with van der Waals surface area (Å²) in [5, 5.41) is 9.75. The summed E-state index contributed by atoms with van der Waals surface area (Å²) in [4.78, 5) is 0. The molecule has 5 heteroatoms. The van der Waals surface area contributed by atoms with E-state index < -0.39 is 0 Å². The first kappa shape index (κ1) is 18.3. The van der Waals surface area contributed by atoms with Crippen molar-refractivity contribution in [1.82, 2.24) is 14.8 Å². The number of para-hydroxylation sites is 1. The van der Waals surface area contributed by atoms with Gasteiger partial charge in [0.1, 0.15) is 5.75 Å². The van der Waals surface area contributed by atoms with Gasteiger partial charge in [0.25, 0.3) is 0 Å². The largest absolute Gasteiger partial charge is 0.493 e. The van der Waals surface area contributed by atoms with Crippen LogP contribution in [0.4, 0.5) is 0 Å². The van der Waals surface area contributed by atoms with Crippen molar-refractivity contribution in [2.75, 3.05) is 6.61 Å². The van der Waals surface area contributed by atoms with E-state index in [9.17, 15) is 0 Å². The summed E-state index contributed by atoms with van der Waals surface area (Å²) in [6, 6.07) is 16.5. The normalized spacial score (nSPS) is 10.7. The summed E-state index contributed by atoms with van der Waals surface area (Å²) >= 11 is 1.68. The molecule has 0 bridgehead atoms. The van der Waals surface area contributed by atoms with Gasteiger partial charge in [-0.15, -0.1) is 16.8 Å². The van der Waals surface area contributed by atoms with Crippen LogP contribution in [0.5, 0.6) is 5.75 Å². The Morgan fingerprint density at radius 2 is 2.00 bits per heavy atom. The topological polar surface area (TPSA) is 39.9 Å². The number of rotatable bonds is 8. The Morgan fingerprint density at radius 1 is 1.15 bits per heavy atom. The molecule has 0 saturated carbocycles. The number of aryl methyl sites for hydroxylation is 1. The minimum absolute atomic E-state index is 0.613. The molecule has 1 heterocycles. The SMILES string of the molecule is C=CCn1c(SCc2cccc(C)c2)nnc1-c1ccccc1OCC. The maximum absolute atomic E-state index is 5.76.